The fraction of sp³-hybridized carbons (Fsp3) is 0.273. The fourth-order valence-corrected chi connectivity index (χ4v) is 4.91. The first kappa shape index (κ1) is 23.1. The van der Waals surface area contributed by atoms with Crippen LogP contribution >= 0.6 is 23.4 Å². The summed E-state index contributed by atoms with van der Waals surface area (Å²) in [5.41, 5.74) is 2.60. The summed E-state index contributed by atoms with van der Waals surface area (Å²) in [5.74, 6) is -2.19. The van der Waals surface area contributed by atoms with Crippen molar-refractivity contribution in [2.24, 2.45) is 0 Å². The molecule has 1 saturated heterocycles. The van der Waals surface area contributed by atoms with Crippen molar-refractivity contribution in [3.63, 3.8) is 0 Å². The maximum absolute atomic E-state index is 9.83. The smallest absolute Gasteiger partial charge is 0.328 e. The third kappa shape index (κ3) is 6.48. The summed E-state index contributed by atoms with van der Waals surface area (Å²) >= 11 is 8.02. The molecule has 31 heavy (non-hydrogen) atoms. The van der Waals surface area contributed by atoms with Crippen molar-refractivity contribution in [2.75, 3.05) is 26.2 Å². The Bertz CT molecular complexity index is 976. The van der Waals surface area contributed by atoms with Crippen molar-refractivity contribution in [1.82, 2.24) is 10.2 Å². The number of carboxylic acid groups (broad SMARTS) is 2. The zero-order chi connectivity index (χ0) is 22.4. The molecule has 4 rings (SSSR count). The van der Waals surface area contributed by atoms with Crippen LogP contribution in [0.15, 0.2) is 58.3 Å². The molecule has 2 heterocycles. The van der Waals surface area contributed by atoms with Crippen LogP contribution in [-0.4, -0.2) is 58.3 Å². The number of fused-ring (bicyclic) bond motifs is 2. The first-order valence-corrected chi connectivity index (χ1v) is 10.9. The Labute approximate surface area is 189 Å². The lowest BCUT2D eigenvalue weighted by atomic mass is 9.96. The van der Waals surface area contributed by atoms with Crippen molar-refractivity contribution in [2.45, 2.75) is 22.3 Å². The topological polar surface area (TPSA) is 110 Å². The van der Waals surface area contributed by atoms with Gasteiger partial charge in [0.2, 0.25) is 0 Å². The monoisotopic (exact) mass is 462 g/mol. The fourth-order valence-electron chi connectivity index (χ4n) is 3.58. The van der Waals surface area contributed by atoms with E-state index in [4.69, 9.17) is 21.8 Å². The minimum atomic E-state index is -1.26. The Morgan fingerprint density at radius 1 is 1.03 bits per heavy atom. The van der Waals surface area contributed by atoms with Gasteiger partial charge in [-0.15, -0.1) is 0 Å². The number of carbonyl (C=O) groups is 2. The number of carboxylic acids is 2. The number of nitrogens with zero attached hydrogens (tertiary/aromatic N) is 1. The summed E-state index contributed by atoms with van der Waals surface area (Å²) in [7, 11) is 0. The van der Waals surface area contributed by atoms with E-state index in [2.05, 4.69) is 28.4 Å². The van der Waals surface area contributed by atoms with Gasteiger partial charge in [-0.1, -0.05) is 29.4 Å². The number of aliphatic carboxylic acids is 2. The van der Waals surface area contributed by atoms with Crippen molar-refractivity contribution >= 4 is 35.3 Å². The number of hydrogen-bond acceptors (Lipinski definition) is 6. The molecule has 0 radical (unpaired) electrons. The molecule has 2 aromatic rings. The van der Waals surface area contributed by atoms with Crippen LogP contribution in [0.25, 0.3) is 0 Å². The SMILES string of the molecule is O=C(O)/C=C\C(=O)O.Oc1ccc2c(c1)Sc1ccc(Cl)cc1C(N1CCNCC1)C2. The second-order valence-electron chi connectivity index (χ2n) is 7.09. The van der Waals surface area contributed by atoms with E-state index >= 15 is 0 Å². The first-order valence-electron chi connectivity index (χ1n) is 9.71. The van der Waals surface area contributed by atoms with E-state index in [9.17, 15) is 14.7 Å². The molecule has 0 bridgehead atoms. The van der Waals surface area contributed by atoms with Gasteiger partial charge in [0.1, 0.15) is 5.75 Å². The van der Waals surface area contributed by atoms with Gasteiger partial charge in [-0.3, -0.25) is 4.90 Å². The second kappa shape index (κ2) is 10.7. The molecule has 0 amide bonds. The molecule has 1 atom stereocenters. The summed E-state index contributed by atoms with van der Waals surface area (Å²) < 4.78 is 0. The lowest BCUT2D eigenvalue weighted by molar-refractivity contribution is -0.134. The molecule has 1 fully saturated rings. The summed E-state index contributed by atoms with van der Waals surface area (Å²) in [6.45, 7) is 4.16. The molecule has 1 unspecified atom stereocenters. The van der Waals surface area contributed by atoms with E-state index in [1.165, 1.54) is 16.0 Å². The van der Waals surface area contributed by atoms with Crippen molar-refractivity contribution in [3.8, 4) is 5.75 Å². The number of hydrogen-bond donors (Lipinski definition) is 4. The van der Waals surface area contributed by atoms with E-state index in [-0.39, 0.29) is 0 Å². The zero-order valence-corrected chi connectivity index (χ0v) is 18.2. The van der Waals surface area contributed by atoms with Gasteiger partial charge in [-0.25, -0.2) is 9.59 Å². The highest BCUT2D eigenvalue weighted by Gasteiger charge is 2.28. The molecular weight excluding hydrogens is 440 g/mol. The average Bonchev–Trinajstić information content (AvgIpc) is 2.89. The molecule has 164 valence electrons. The number of rotatable bonds is 3. The van der Waals surface area contributed by atoms with Crippen LogP contribution in [0.5, 0.6) is 5.75 Å². The summed E-state index contributed by atoms with van der Waals surface area (Å²) in [4.78, 5) is 24.0. The molecule has 0 spiro atoms. The maximum Gasteiger partial charge on any atom is 0.328 e. The third-order valence-electron chi connectivity index (χ3n) is 4.98. The first-order chi connectivity index (χ1) is 14.8. The molecule has 4 N–H and O–H groups in total. The number of benzene rings is 2. The molecular formula is C22H23ClN2O5S. The van der Waals surface area contributed by atoms with Gasteiger partial charge in [0, 0.05) is 59.2 Å². The largest absolute Gasteiger partial charge is 0.508 e. The van der Waals surface area contributed by atoms with Crippen molar-refractivity contribution in [1.29, 1.82) is 0 Å². The maximum atomic E-state index is 9.83. The van der Waals surface area contributed by atoms with Gasteiger partial charge in [-0.2, -0.15) is 0 Å². The second-order valence-corrected chi connectivity index (χ2v) is 8.61. The van der Waals surface area contributed by atoms with Crippen LogP contribution in [0.3, 0.4) is 0 Å². The minimum Gasteiger partial charge on any atom is -0.508 e. The average molecular weight is 463 g/mol. The molecule has 0 aliphatic carbocycles. The van der Waals surface area contributed by atoms with E-state index in [0.29, 0.717) is 23.9 Å². The lowest BCUT2D eigenvalue weighted by Gasteiger charge is -2.35. The highest BCUT2D eigenvalue weighted by Crippen LogP contribution is 2.44. The van der Waals surface area contributed by atoms with Gasteiger partial charge >= 0.3 is 11.9 Å². The Balaban J connectivity index is 0.000000293. The number of piperazine rings is 1. The number of nitrogens with one attached hydrogen (secondary N) is 1. The van der Waals surface area contributed by atoms with Crippen molar-refractivity contribution in [3.05, 3.63) is 64.7 Å². The Morgan fingerprint density at radius 2 is 1.71 bits per heavy atom. The molecule has 0 saturated carbocycles. The summed E-state index contributed by atoms with van der Waals surface area (Å²) in [6, 6.07) is 12.2. The van der Waals surface area contributed by atoms with Crippen LogP contribution in [-0.2, 0) is 16.0 Å². The number of phenols is 1. The van der Waals surface area contributed by atoms with Crippen LogP contribution in [0.2, 0.25) is 5.02 Å². The highest BCUT2D eigenvalue weighted by atomic mass is 35.5. The van der Waals surface area contributed by atoms with Crippen molar-refractivity contribution < 1.29 is 24.9 Å². The standard InChI is InChI=1S/C18H19ClN2OS.C4H4O4/c19-13-2-4-17-15(10-13)16(21-7-5-20-6-8-21)9-12-1-3-14(22)11-18(12)23-17;5-3(6)1-2-4(7)8/h1-4,10-11,16,20,22H,5-9H2;1-2H,(H,5,6)(H,7,8)/b;2-1-. The summed E-state index contributed by atoms with van der Waals surface area (Å²) in [6.07, 6.45) is 2.07. The predicted molar refractivity (Wildman–Crippen MR) is 119 cm³/mol. The summed E-state index contributed by atoms with van der Waals surface area (Å²) in [5, 5.41) is 29.7. The van der Waals surface area contributed by atoms with E-state index in [1.54, 1.807) is 17.8 Å². The Hall–Kier alpha value is -2.52. The Kier molecular flexibility index (Phi) is 7.97. The van der Waals surface area contributed by atoms with Crippen LogP contribution in [0.1, 0.15) is 17.2 Å². The van der Waals surface area contributed by atoms with E-state index in [0.717, 1.165) is 42.5 Å². The highest BCUT2D eigenvalue weighted by molar-refractivity contribution is 7.99. The molecule has 9 heteroatoms. The zero-order valence-electron chi connectivity index (χ0n) is 16.6. The van der Waals surface area contributed by atoms with Gasteiger partial charge in [-0.05, 0) is 47.9 Å². The van der Waals surface area contributed by atoms with Gasteiger partial charge in [0.05, 0.1) is 0 Å². The Morgan fingerprint density at radius 3 is 2.35 bits per heavy atom. The molecule has 2 aliphatic heterocycles. The number of aromatic hydroxyl groups is 1. The number of phenolic OH excluding ortho intramolecular Hbond substituents is 1. The predicted octanol–water partition coefficient (Wildman–Crippen LogP) is 3.41. The lowest BCUT2D eigenvalue weighted by Crippen LogP contribution is -2.45. The van der Waals surface area contributed by atoms with E-state index < -0.39 is 11.9 Å². The van der Waals surface area contributed by atoms with Crippen LogP contribution in [0.4, 0.5) is 0 Å². The third-order valence-corrected chi connectivity index (χ3v) is 6.40. The normalized spacial score (nSPS) is 18.3. The molecule has 2 aromatic carbocycles. The molecule has 7 nitrogen and oxygen atoms in total. The van der Waals surface area contributed by atoms with Gasteiger partial charge < -0.3 is 20.6 Å². The molecule has 2 aliphatic rings. The van der Waals surface area contributed by atoms with Crippen LogP contribution in [0, 0.1) is 0 Å². The minimum absolute atomic E-state index is 0.326. The number of halogens is 1. The van der Waals surface area contributed by atoms with Gasteiger partial charge in [0.15, 0.2) is 0 Å². The van der Waals surface area contributed by atoms with Gasteiger partial charge in [0.25, 0.3) is 0 Å². The quantitative estimate of drug-likeness (QED) is 0.514. The van der Waals surface area contributed by atoms with Crippen LogP contribution < -0.4 is 5.32 Å². The van der Waals surface area contributed by atoms with E-state index in [1.807, 2.05) is 12.1 Å². The molecule has 0 aromatic heterocycles.